The Morgan fingerprint density at radius 2 is 1.95 bits per heavy atom. The van der Waals surface area contributed by atoms with Gasteiger partial charge in [-0.25, -0.2) is 0 Å². The van der Waals surface area contributed by atoms with Crippen LogP contribution in [0.1, 0.15) is 28.4 Å². The van der Waals surface area contributed by atoms with Crippen molar-refractivity contribution in [2.24, 2.45) is 0 Å². The van der Waals surface area contributed by atoms with E-state index in [1.165, 1.54) is 6.92 Å². The topological polar surface area (TPSA) is 78.4 Å². The van der Waals surface area contributed by atoms with E-state index in [2.05, 4.69) is 22.5 Å². The van der Waals surface area contributed by atoms with E-state index in [-0.39, 0.29) is 18.4 Å². The maximum atomic E-state index is 12.0. The molecule has 0 saturated heterocycles. The zero-order valence-electron chi connectivity index (χ0n) is 11.6. The monoisotopic (exact) mass is 274 g/mol. The summed E-state index contributed by atoms with van der Waals surface area (Å²) in [5, 5.41) is 14.0. The van der Waals surface area contributed by atoms with Crippen LogP contribution < -0.4 is 10.6 Å². The molecule has 0 fully saturated rings. The van der Waals surface area contributed by atoms with Crippen molar-refractivity contribution in [3.8, 4) is 11.8 Å². The lowest BCUT2D eigenvalue weighted by atomic mass is 10.0. The number of benzene rings is 1. The van der Waals surface area contributed by atoms with Gasteiger partial charge < -0.3 is 15.7 Å². The minimum atomic E-state index is -0.252. The van der Waals surface area contributed by atoms with Gasteiger partial charge in [0.05, 0.1) is 5.56 Å². The van der Waals surface area contributed by atoms with Crippen molar-refractivity contribution in [1.29, 1.82) is 0 Å². The van der Waals surface area contributed by atoms with Gasteiger partial charge in [-0.05, 0) is 24.6 Å². The summed E-state index contributed by atoms with van der Waals surface area (Å²) < 4.78 is 0. The molecular formula is C15H18N2O3. The molecule has 0 aliphatic carbocycles. The predicted octanol–water partition coefficient (Wildman–Crippen LogP) is 0.205. The average Bonchev–Trinajstić information content (AvgIpc) is 2.41. The molecule has 0 unspecified atom stereocenters. The van der Waals surface area contributed by atoms with Crippen LogP contribution in [0.5, 0.6) is 0 Å². The molecule has 3 N–H and O–H groups in total. The second kappa shape index (κ2) is 7.97. The van der Waals surface area contributed by atoms with Gasteiger partial charge in [-0.15, -0.1) is 0 Å². The van der Waals surface area contributed by atoms with Crippen molar-refractivity contribution >= 4 is 11.8 Å². The molecule has 0 atom stereocenters. The minimum Gasteiger partial charge on any atom is -0.384 e. The number of aliphatic hydroxyl groups excluding tert-OH is 1. The second-order valence-corrected chi connectivity index (χ2v) is 4.25. The number of amides is 2. The number of hydrogen-bond donors (Lipinski definition) is 3. The molecule has 1 rings (SSSR count). The first-order valence-corrected chi connectivity index (χ1v) is 6.27. The van der Waals surface area contributed by atoms with Crippen LogP contribution in [0.15, 0.2) is 18.2 Å². The molecule has 1 aromatic rings. The van der Waals surface area contributed by atoms with Crippen molar-refractivity contribution in [2.75, 3.05) is 19.7 Å². The second-order valence-electron chi connectivity index (χ2n) is 4.25. The fourth-order valence-electron chi connectivity index (χ4n) is 1.60. The molecule has 0 aliphatic rings. The van der Waals surface area contributed by atoms with E-state index < -0.39 is 0 Å². The van der Waals surface area contributed by atoms with Crippen LogP contribution >= 0.6 is 0 Å². The van der Waals surface area contributed by atoms with Crippen LogP contribution in [0.25, 0.3) is 0 Å². The Morgan fingerprint density at radius 1 is 1.25 bits per heavy atom. The summed E-state index contributed by atoms with van der Waals surface area (Å²) in [6.07, 6.45) is 0. The SMILES string of the molecule is CC(=O)NCCNC(=O)c1ccc(C)cc1C#CCO. The third kappa shape index (κ3) is 5.12. The fraction of sp³-hybridized carbons (Fsp3) is 0.333. The Morgan fingerprint density at radius 3 is 2.60 bits per heavy atom. The van der Waals surface area contributed by atoms with Gasteiger partial charge in [-0.3, -0.25) is 9.59 Å². The van der Waals surface area contributed by atoms with E-state index >= 15 is 0 Å². The molecule has 5 heteroatoms. The Balaban J connectivity index is 2.74. The highest BCUT2D eigenvalue weighted by atomic mass is 16.2. The number of carbonyl (C=O) groups excluding carboxylic acids is 2. The molecule has 0 bridgehead atoms. The maximum Gasteiger partial charge on any atom is 0.252 e. The van der Waals surface area contributed by atoms with Crippen LogP contribution in [-0.2, 0) is 4.79 Å². The fourth-order valence-corrected chi connectivity index (χ4v) is 1.60. The first-order valence-electron chi connectivity index (χ1n) is 6.27. The highest BCUT2D eigenvalue weighted by Gasteiger charge is 2.09. The molecule has 0 heterocycles. The Kier molecular flexibility index (Phi) is 6.27. The zero-order chi connectivity index (χ0) is 15.0. The molecule has 1 aromatic carbocycles. The first kappa shape index (κ1) is 15.7. The highest BCUT2D eigenvalue weighted by Crippen LogP contribution is 2.10. The lowest BCUT2D eigenvalue weighted by molar-refractivity contribution is -0.118. The maximum absolute atomic E-state index is 12.0. The van der Waals surface area contributed by atoms with E-state index in [0.717, 1.165) is 5.56 Å². The standard InChI is InChI=1S/C15H18N2O3/c1-11-5-6-14(13(10-11)4-3-9-18)15(20)17-8-7-16-12(2)19/h5-6,10,18H,7-9H2,1-2H3,(H,16,19)(H,17,20). The summed E-state index contributed by atoms with van der Waals surface area (Å²) in [4.78, 5) is 22.7. The van der Waals surface area contributed by atoms with Gasteiger partial charge in [0.15, 0.2) is 0 Å². The Labute approximate surface area is 118 Å². The van der Waals surface area contributed by atoms with Gasteiger partial charge in [0, 0.05) is 25.6 Å². The Hall–Kier alpha value is -2.32. The number of aryl methyl sites for hydroxylation is 1. The van der Waals surface area contributed by atoms with Crippen molar-refractivity contribution in [3.05, 3.63) is 34.9 Å². The van der Waals surface area contributed by atoms with Crippen LogP contribution in [0.2, 0.25) is 0 Å². The van der Waals surface area contributed by atoms with Gasteiger partial charge in [-0.2, -0.15) is 0 Å². The first-order chi connectivity index (χ1) is 9.54. The third-order valence-corrected chi connectivity index (χ3v) is 2.51. The van der Waals surface area contributed by atoms with E-state index in [9.17, 15) is 9.59 Å². The number of aliphatic hydroxyl groups is 1. The third-order valence-electron chi connectivity index (χ3n) is 2.51. The van der Waals surface area contributed by atoms with E-state index in [1.54, 1.807) is 12.1 Å². The number of hydrogen-bond acceptors (Lipinski definition) is 3. The van der Waals surface area contributed by atoms with Gasteiger partial charge in [0.25, 0.3) is 5.91 Å². The lowest BCUT2D eigenvalue weighted by Crippen LogP contribution is -2.33. The van der Waals surface area contributed by atoms with Crippen molar-refractivity contribution in [3.63, 3.8) is 0 Å². The molecule has 0 aromatic heterocycles. The highest BCUT2D eigenvalue weighted by molar-refractivity contribution is 5.96. The summed E-state index contributed by atoms with van der Waals surface area (Å²) in [5.41, 5.74) is 2.03. The average molecular weight is 274 g/mol. The predicted molar refractivity (Wildman–Crippen MR) is 76.2 cm³/mol. The molecule has 5 nitrogen and oxygen atoms in total. The number of carbonyl (C=O) groups is 2. The summed E-state index contributed by atoms with van der Waals surface area (Å²) in [5.74, 6) is 4.91. The summed E-state index contributed by atoms with van der Waals surface area (Å²) in [7, 11) is 0. The quantitative estimate of drug-likeness (QED) is 0.542. The van der Waals surface area contributed by atoms with Crippen molar-refractivity contribution in [1.82, 2.24) is 10.6 Å². The molecule has 106 valence electrons. The number of rotatable bonds is 4. The minimum absolute atomic E-state index is 0.135. The molecule has 2 amide bonds. The largest absolute Gasteiger partial charge is 0.384 e. The smallest absolute Gasteiger partial charge is 0.252 e. The molecule has 0 saturated carbocycles. The molecule has 0 radical (unpaired) electrons. The van der Waals surface area contributed by atoms with Crippen LogP contribution in [0.3, 0.4) is 0 Å². The van der Waals surface area contributed by atoms with Crippen LogP contribution in [0, 0.1) is 18.8 Å². The Bertz CT molecular complexity index is 556. The summed E-state index contributed by atoms with van der Waals surface area (Å²) >= 11 is 0. The van der Waals surface area contributed by atoms with Gasteiger partial charge in [0.2, 0.25) is 5.91 Å². The van der Waals surface area contributed by atoms with Crippen LogP contribution in [0.4, 0.5) is 0 Å². The van der Waals surface area contributed by atoms with E-state index in [4.69, 9.17) is 5.11 Å². The van der Waals surface area contributed by atoms with Crippen molar-refractivity contribution in [2.45, 2.75) is 13.8 Å². The summed E-state index contributed by atoms with van der Waals surface area (Å²) in [6.45, 7) is 3.80. The normalized spacial score (nSPS) is 9.35. The van der Waals surface area contributed by atoms with E-state index in [0.29, 0.717) is 24.2 Å². The zero-order valence-corrected chi connectivity index (χ0v) is 11.6. The number of nitrogens with one attached hydrogen (secondary N) is 2. The summed E-state index contributed by atoms with van der Waals surface area (Å²) in [6, 6.07) is 5.32. The van der Waals surface area contributed by atoms with Gasteiger partial charge >= 0.3 is 0 Å². The van der Waals surface area contributed by atoms with Gasteiger partial charge in [0.1, 0.15) is 6.61 Å². The lowest BCUT2D eigenvalue weighted by Gasteiger charge is -2.08. The van der Waals surface area contributed by atoms with Crippen LogP contribution in [-0.4, -0.2) is 36.6 Å². The molecule has 0 aliphatic heterocycles. The molecular weight excluding hydrogens is 256 g/mol. The van der Waals surface area contributed by atoms with Crippen molar-refractivity contribution < 1.29 is 14.7 Å². The molecule has 0 spiro atoms. The van der Waals surface area contributed by atoms with E-state index in [1.807, 2.05) is 13.0 Å². The van der Waals surface area contributed by atoms with Gasteiger partial charge in [-0.1, -0.05) is 17.9 Å². The molecule has 20 heavy (non-hydrogen) atoms.